The summed E-state index contributed by atoms with van der Waals surface area (Å²) in [5.74, 6) is 0.144. The second-order valence-electron chi connectivity index (χ2n) is 5.13. The van der Waals surface area contributed by atoms with Crippen molar-refractivity contribution < 1.29 is 4.79 Å². The summed E-state index contributed by atoms with van der Waals surface area (Å²) < 4.78 is 0. The zero-order chi connectivity index (χ0) is 13.0. The number of alkyl halides is 1. The maximum atomic E-state index is 12.4. The van der Waals surface area contributed by atoms with Gasteiger partial charge in [0.05, 0.1) is 5.92 Å². The van der Waals surface area contributed by atoms with Crippen molar-refractivity contribution in [2.24, 2.45) is 0 Å². The van der Waals surface area contributed by atoms with Crippen molar-refractivity contribution in [1.29, 1.82) is 0 Å². The van der Waals surface area contributed by atoms with Crippen LogP contribution in [0.3, 0.4) is 0 Å². The van der Waals surface area contributed by atoms with E-state index in [1.807, 2.05) is 30.3 Å². The van der Waals surface area contributed by atoms with Crippen LogP contribution in [0.1, 0.15) is 44.1 Å². The Hall–Kier alpha value is -0.830. The molecule has 1 unspecified atom stereocenters. The molecule has 1 atom stereocenters. The predicted octanol–water partition coefficient (Wildman–Crippen LogP) is 3.61. The van der Waals surface area contributed by atoms with Gasteiger partial charge < -0.3 is 5.32 Å². The Balaban J connectivity index is 2.07. The number of benzene rings is 1. The normalized spacial score (nSPS) is 18.8. The van der Waals surface area contributed by atoms with Crippen molar-refractivity contribution >= 4 is 21.8 Å². The lowest BCUT2D eigenvalue weighted by Crippen LogP contribution is -2.55. The first-order valence-corrected chi connectivity index (χ1v) is 7.76. The number of halogens is 1. The second-order valence-corrected chi connectivity index (χ2v) is 5.69. The SMILES string of the molecule is CCC(C(=O)NC1(CBr)CCC1)c1ccccc1. The zero-order valence-corrected chi connectivity index (χ0v) is 12.4. The van der Waals surface area contributed by atoms with Crippen LogP contribution in [0.2, 0.25) is 0 Å². The lowest BCUT2D eigenvalue weighted by molar-refractivity contribution is -0.125. The van der Waals surface area contributed by atoms with Crippen LogP contribution < -0.4 is 5.32 Å². The number of carbonyl (C=O) groups excluding carboxylic acids is 1. The smallest absolute Gasteiger partial charge is 0.227 e. The molecule has 0 saturated heterocycles. The van der Waals surface area contributed by atoms with Crippen molar-refractivity contribution in [2.45, 2.75) is 44.1 Å². The van der Waals surface area contributed by atoms with Crippen LogP contribution in [0, 0.1) is 0 Å². The molecular weight excluding hydrogens is 290 g/mol. The van der Waals surface area contributed by atoms with E-state index in [0.29, 0.717) is 0 Å². The number of hydrogen-bond acceptors (Lipinski definition) is 1. The van der Waals surface area contributed by atoms with Crippen LogP contribution in [0.4, 0.5) is 0 Å². The minimum atomic E-state index is -0.0253. The van der Waals surface area contributed by atoms with Gasteiger partial charge in [-0.25, -0.2) is 0 Å². The first-order chi connectivity index (χ1) is 8.71. The molecule has 2 nitrogen and oxygen atoms in total. The van der Waals surface area contributed by atoms with Crippen LogP contribution in [0.25, 0.3) is 0 Å². The van der Waals surface area contributed by atoms with Crippen LogP contribution in [-0.2, 0) is 4.79 Å². The van der Waals surface area contributed by atoms with Crippen molar-refractivity contribution in [3.8, 4) is 0 Å². The third kappa shape index (κ3) is 2.77. The van der Waals surface area contributed by atoms with Gasteiger partial charge in [-0.1, -0.05) is 53.2 Å². The van der Waals surface area contributed by atoms with E-state index in [4.69, 9.17) is 0 Å². The van der Waals surface area contributed by atoms with Gasteiger partial charge in [-0.3, -0.25) is 4.79 Å². The fraction of sp³-hybridized carbons (Fsp3) is 0.533. The number of carbonyl (C=O) groups is 1. The summed E-state index contributed by atoms with van der Waals surface area (Å²) in [4.78, 5) is 12.4. The maximum Gasteiger partial charge on any atom is 0.227 e. The Morgan fingerprint density at radius 3 is 2.50 bits per heavy atom. The molecule has 1 aliphatic carbocycles. The minimum absolute atomic E-state index is 0.0132. The Kier molecular flexibility index (Phi) is 4.44. The summed E-state index contributed by atoms with van der Waals surface area (Å²) in [6, 6.07) is 10.1. The van der Waals surface area contributed by atoms with Gasteiger partial charge >= 0.3 is 0 Å². The maximum absolute atomic E-state index is 12.4. The molecule has 0 bridgehead atoms. The van der Waals surface area contributed by atoms with E-state index in [9.17, 15) is 4.79 Å². The minimum Gasteiger partial charge on any atom is -0.349 e. The standard InChI is InChI=1S/C15H20BrNO/c1-2-13(12-7-4-3-5-8-12)14(18)17-15(11-16)9-6-10-15/h3-5,7-8,13H,2,6,9-11H2,1H3,(H,17,18). The first kappa shape index (κ1) is 13.6. The third-order valence-electron chi connectivity index (χ3n) is 3.88. The van der Waals surface area contributed by atoms with Gasteiger partial charge in [-0.15, -0.1) is 0 Å². The van der Waals surface area contributed by atoms with Crippen molar-refractivity contribution in [1.82, 2.24) is 5.32 Å². The van der Waals surface area contributed by atoms with Crippen LogP contribution in [0.5, 0.6) is 0 Å². The van der Waals surface area contributed by atoms with E-state index < -0.39 is 0 Å². The summed E-state index contributed by atoms with van der Waals surface area (Å²) in [6.45, 7) is 2.07. The Morgan fingerprint density at radius 1 is 1.39 bits per heavy atom. The van der Waals surface area contributed by atoms with Crippen LogP contribution in [0.15, 0.2) is 30.3 Å². The Labute approximate surface area is 117 Å². The summed E-state index contributed by atoms with van der Waals surface area (Å²) in [6.07, 6.45) is 4.24. The number of nitrogens with one attached hydrogen (secondary N) is 1. The molecular formula is C15H20BrNO. The summed E-state index contributed by atoms with van der Waals surface area (Å²) in [5.41, 5.74) is 1.13. The molecule has 0 aromatic heterocycles. The molecule has 18 heavy (non-hydrogen) atoms. The van der Waals surface area contributed by atoms with E-state index in [1.165, 1.54) is 6.42 Å². The van der Waals surface area contributed by atoms with Gasteiger partial charge in [-0.05, 0) is 31.2 Å². The quantitative estimate of drug-likeness (QED) is 0.827. The summed E-state index contributed by atoms with van der Waals surface area (Å²) in [7, 11) is 0. The highest BCUT2D eigenvalue weighted by atomic mass is 79.9. The molecule has 1 N–H and O–H groups in total. The topological polar surface area (TPSA) is 29.1 Å². The molecule has 98 valence electrons. The molecule has 3 heteroatoms. The molecule has 1 aliphatic rings. The van der Waals surface area contributed by atoms with E-state index in [-0.39, 0.29) is 17.4 Å². The van der Waals surface area contributed by atoms with Crippen molar-refractivity contribution in [2.75, 3.05) is 5.33 Å². The molecule has 1 aromatic carbocycles. The Morgan fingerprint density at radius 2 is 2.06 bits per heavy atom. The fourth-order valence-corrected chi connectivity index (χ4v) is 3.20. The van der Waals surface area contributed by atoms with Crippen LogP contribution >= 0.6 is 15.9 Å². The molecule has 1 aromatic rings. The molecule has 0 aliphatic heterocycles. The van der Waals surface area contributed by atoms with Crippen molar-refractivity contribution in [3.05, 3.63) is 35.9 Å². The number of hydrogen-bond donors (Lipinski definition) is 1. The molecule has 1 amide bonds. The van der Waals surface area contributed by atoms with Gasteiger partial charge in [0.25, 0.3) is 0 Å². The van der Waals surface area contributed by atoms with Gasteiger partial charge in [0.15, 0.2) is 0 Å². The lowest BCUT2D eigenvalue weighted by atomic mass is 9.78. The largest absolute Gasteiger partial charge is 0.349 e. The van der Waals surface area contributed by atoms with Crippen molar-refractivity contribution in [3.63, 3.8) is 0 Å². The number of rotatable bonds is 5. The van der Waals surface area contributed by atoms with Gasteiger partial charge in [0.2, 0.25) is 5.91 Å². The highest BCUT2D eigenvalue weighted by Gasteiger charge is 2.38. The Bertz CT molecular complexity index is 395. The molecule has 0 radical (unpaired) electrons. The van der Waals surface area contributed by atoms with Gasteiger partial charge in [0, 0.05) is 10.9 Å². The fourth-order valence-electron chi connectivity index (χ4n) is 2.50. The number of amides is 1. The first-order valence-electron chi connectivity index (χ1n) is 6.64. The van der Waals surface area contributed by atoms with E-state index in [0.717, 1.165) is 30.2 Å². The molecule has 1 saturated carbocycles. The average molecular weight is 310 g/mol. The molecule has 0 heterocycles. The monoisotopic (exact) mass is 309 g/mol. The van der Waals surface area contributed by atoms with E-state index >= 15 is 0 Å². The molecule has 1 fully saturated rings. The van der Waals surface area contributed by atoms with Gasteiger partial charge in [0.1, 0.15) is 0 Å². The molecule has 0 spiro atoms. The summed E-state index contributed by atoms with van der Waals surface area (Å²) in [5, 5.41) is 4.10. The highest BCUT2D eigenvalue weighted by Crippen LogP contribution is 2.34. The highest BCUT2D eigenvalue weighted by molar-refractivity contribution is 9.09. The zero-order valence-electron chi connectivity index (χ0n) is 10.8. The van der Waals surface area contributed by atoms with E-state index in [1.54, 1.807) is 0 Å². The van der Waals surface area contributed by atoms with E-state index in [2.05, 4.69) is 28.2 Å². The lowest BCUT2D eigenvalue weighted by Gasteiger charge is -2.42. The second kappa shape index (κ2) is 5.87. The summed E-state index contributed by atoms with van der Waals surface area (Å²) >= 11 is 3.52. The average Bonchev–Trinajstić information content (AvgIpc) is 2.36. The predicted molar refractivity (Wildman–Crippen MR) is 78.0 cm³/mol. The molecule has 2 rings (SSSR count). The third-order valence-corrected chi connectivity index (χ3v) is 4.95. The van der Waals surface area contributed by atoms with Gasteiger partial charge in [-0.2, -0.15) is 0 Å². The van der Waals surface area contributed by atoms with Crippen LogP contribution in [-0.4, -0.2) is 16.8 Å².